The van der Waals surface area contributed by atoms with Gasteiger partial charge in [0.05, 0.1) is 0 Å². The number of hydrogen-bond acceptors (Lipinski definition) is 2. The van der Waals surface area contributed by atoms with Crippen LogP contribution in [0, 0.1) is 0 Å². The molecule has 0 radical (unpaired) electrons. The third-order valence-corrected chi connectivity index (χ3v) is 2.48. The van der Waals surface area contributed by atoms with Gasteiger partial charge in [0.1, 0.15) is 0 Å². The molecule has 0 aliphatic heterocycles. The summed E-state index contributed by atoms with van der Waals surface area (Å²) in [6.45, 7) is 0. The predicted octanol–water partition coefficient (Wildman–Crippen LogP) is 3.55. The van der Waals surface area contributed by atoms with Gasteiger partial charge in [0, 0.05) is 40.8 Å². The van der Waals surface area contributed by atoms with Crippen molar-refractivity contribution in [3.63, 3.8) is 0 Å². The minimum atomic E-state index is -1.83. The Morgan fingerprint density at radius 2 is 0.960 bits per heavy atom. The standard InChI is InChI=1S/C17H14O.CH2O3.K.2Pd.H/c18-17(13-11-15-7-3-1-4-8-15)14-12-16-9-5-2-6-10-16;2-1(3)4;;;;/h1-14H;(H2,2,3,4);;;;. The van der Waals surface area contributed by atoms with Crippen LogP contribution < -0.4 is 0 Å². The molecular weight excluding hydrogens is 532 g/mol. The molecule has 0 aliphatic carbocycles. The Morgan fingerprint density at radius 1 is 0.680 bits per heavy atom. The Morgan fingerprint density at radius 3 is 1.24 bits per heavy atom. The number of carboxylic acid groups (broad SMARTS) is 2. The zero-order valence-electron chi connectivity index (χ0n) is 12.4. The summed E-state index contributed by atoms with van der Waals surface area (Å²) in [4.78, 5) is 20.2. The molecule has 2 rings (SSSR count). The van der Waals surface area contributed by atoms with E-state index in [1.54, 1.807) is 12.2 Å². The Balaban J connectivity index is -0.000000629. The molecule has 2 aromatic carbocycles. The molecule has 0 atom stereocenters. The second-order valence-electron chi connectivity index (χ2n) is 4.17. The number of carbonyl (C=O) groups is 2. The van der Waals surface area contributed by atoms with E-state index < -0.39 is 6.16 Å². The fourth-order valence-electron chi connectivity index (χ4n) is 1.54. The minimum Gasteiger partial charge on any atom is 0 e. The fraction of sp³-hybridized carbons (Fsp3) is 0. The molecule has 2 N–H and O–H groups in total. The van der Waals surface area contributed by atoms with E-state index >= 15 is 0 Å². The average molecular weight is 549 g/mol. The summed E-state index contributed by atoms with van der Waals surface area (Å²) in [6.07, 6.45) is 4.96. The SMILES string of the molecule is O=C(C=Cc1ccccc1)C=Cc1ccccc1.O=C(O)O.[KH].[Pd].[Pd]. The number of allylic oxidation sites excluding steroid dienone is 2. The molecule has 0 fully saturated rings. The van der Waals surface area contributed by atoms with Gasteiger partial charge in [0.15, 0.2) is 5.78 Å². The van der Waals surface area contributed by atoms with Crippen LogP contribution in [0.5, 0.6) is 0 Å². The minimum absolute atomic E-state index is 0. The van der Waals surface area contributed by atoms with E-state index in [4.69, 9.17) is 15.0 Å². The van der Waals surface area contributed by atoms with E-state index in [2.05, 4.69) is 0 Å². The van der Waals surface area contributed by atoms with Crippen LogP contribution >= 0.6 is 0 Å². The van der Waals surface area contributed by atoms with Crippen LogP contribution in [0.1, 0.15) is 11.1 Å². The van der Waals surface area contributed by atoms with E-state index in [9.17, 15) is 4.79 Å². The fourth-order valence-corrected chi connectivity index (χ4v) is 1.54. The average Bonchev–Trinajstić information content (AvgIpc) is 2.52. The van der Waals surface area contributed by atoms with E-state index in [-0.39, 0.29) is 98.0 Å². The maximum Gasteiger partial charge on any atom is 0 e. The zero-order valence-corrected chi connectivity index (χ0v) is 15.5. The van der Waals surface area contributed by atoms with Gasteiger partial charge in [0.2, 0.25) is 0 Å². The van der Waals surface area contributed by atoms with Crippen molar-refractivity contribution >= 4 is 75.5 Å². The van der Waals surface area contributed by atoms with Crippen molar-refractivity contribution in [2.24, 2.45) is 0 Å². The first kappa shape index (κ1) is 29.6. The van der Waals surface area contributed by atoms with Crippen molar-refractivity contribution in [3.8, 4) is 0 Å². The van der Waals surface area contributed by atoms with E-state index in [0.717, 1.165) is 11.1 Å². The summed E-state index contributed by atoms with van der Waals surface area (Å²) in [5, 5.41) is 13.9. The van der Waals surface area contributed by atoms with Gasteiger partial charge >= 0.3 is 57.5 Å². The Labute approximate surface area is 217 Å². The number of ketones is 1. The Kier molecular flexibility index (Phi) is 22.0. The largest absolute Gasteiger partial charge is 0 e. The second-order valence-corrected chi connectivity index (χ2v) is 4.17. The van der Waals surface area contributed by atoms with E-state index in [1.165, 1.54) is 0 Å². The van der Waals surface area contributed by atoms with Gasteiger partial charge in [-0.3, -0.25) is 4.79 Å². The molecule has 0 aromatic heterocycles. The summed E-state index contributed by atoms with van der Waals surface area (Å²) < 4.78 is 0. The van der Waals surface area contributed by atoms with Gasteiger partial charge in [-0.15, -0.1) is 0 Å². The number of benzene rings is 2. The maximum atomic E-state index is 11.6. The molecular formula is C18H17KO4Pd2. The van der Waals surface area contributed by atoms with Crippen LogP contribution in [0.25, 0.3) is 12.2 Å². The summed E-state index contributed by atoms with van der Waals surface area (Å²) in [6, 6.07) is 19.6. The molecule has 7 heteroatoms. The quantitative estimate of drug-likeness (QED) is 0.452. The van der Waals surface area contributed by atoms with Crippen molar-refractivity contribution in [1.29, 1.82) is 0 Å². The van der Waals surface area contributed by atoms with Crippen LogP contribution in [0.3, 0.4) is 0 Å². The number of carbonyl (C=O) groups excluding carboxylic acids is 1. The number of hydrogen-bond donors (Lipinski definition) is 2. The van der Waals surface area contributed by atoms with E-state index in [0.29, 0.717) is 0 Å². The summed E-state index contributed by atoms with van der Waals surface area (Å²) >= 11 is 0. The Bertz CT molecular complexity index is 604. The molecule has 0 bridgehead atoms. The predicted molar refractivity (Wildman–Crippen MR) is 93.8 cm³/mol. The van der Waals surface area contributed by atoms with Gasteiger partial charge in [0.25, 0.3) is 0 Å². The normalized spacial score (nSPS) is 8.96. The molecule has 2 aromatic rings. The first-order valence-electron chi connectivity index (χ1n) is 6.50. The third-order valence-electron chi connectivity index (χ3n) is 2.48. The monoisotopic (exact) mass is 548 g/mol. The smallest absolute Gasteiger partial charge is 0 e. The topological polar surface area (TPSA) is 74.6 Å². The molecule has 0 aliphatic rings. The molecule has 134 valence electrons. The molecule has 4 nitrogen and oxygen atoms in total. The molecule has 0 saturated heterocycles. The first-order valence-corrected chi connectivity index (χ1v) is 6.50. The molecule has 0 spiro atoms. The van der Waals surface area contributed by atoms with Gasteiger partial charge in [-0.25, -0.2) is 4.79 Å². The van der Waals surface area contributed by atoms with Gasteiger partial charge in [-0.2, -0.15) is 0 Å². The third kappa shape index (κ3) is 17.0. The maximum absolute atomic E-state index is 11.6. The van der Waals surface area contributed by atoms with Crippen LogP contribution in [0.4, 0.5) is 4.79 Å². The second kappa shape index (κ2) is 18.6. The first-order chi connectivity index (χ1) is 10.6. The molecule has 0 unspecified atom stereocenters. The van der Waals surface area contributed by atoms with Crippen molar-refractivity contribution in [3.05, 3.63) is 83.9 Å². The van der Waals surface area contributed by atoms with Gasteiger partial charge in [-0.1, -0.05) is 72.8 Å². The zero-order chi connectivity index (χ0) is 16.2. The van der Waals surface area contributed by atoms with Crippen molar-refractivity contribution < 1.29 is 60.6 Å². The molecule has 0 heterocycles. The van der Waals surface area contributed by atoms with Crippen LogP contribution in [-0.4, -0.2) is 73.5 Å². The van der Waals surface area contributed by atoms with Crippen LogP contribution in [-0.2, 0) is 45.6 Å². The van der Waals surface area contributed by atoms with Crippen LogP contribution in [0.15, 0.2) is 72.8 Å². The summed E-state index contributed by atoms with van der Waals surface area (Å²) in [7, 11) is 0. The summed E-state index contributed by atoms with van der Waals surface area (Å²) in [5.74, 6) is -0.0114. The molecule has 0 saturated carbocycles. The number of rotatable bonds is 4. The van der Waals surface area contributed by atoms with Crippen molar-refractivity contribution in [2.75, 3.05) is 0 Å². The molecule has 0 amide bonds. The Hall–Kier alpha value is -0.179. The van der Waals surface area contributed by atoms with Gasteiger partial charge in [-0.05, 0) is 23.3 Å². The summed E-state index contributed by atoms with van der Waals surface area (Å²) in [5.41, 5.74) is 2.05. The van der Waals surface area contributed by atoms with Gasteiger partial charge < -0.3 is 10.2 Å². The molecule has 25 heavy (non-hydrogen) atoms. The van der Waals surface area contributed by atoms with Crippen molar-refractivity contribution in [2.45, 2.75) is 0 Å². The van der Waals surface area contributed by atoms with Crippen LogP contribution in [0.2, 0.25) is 0 Å². The van der Waals surface area contributed by atoms with Crippen molar-refractivity contribution in [1.82, 2.24) is 0 Å². The van der Waals surface area contributed by atoms with E-state index in [1.807, 2.05) is 72.8 Å².